The lowest BCUT2D eigenvalue weighted by molar-refractivity contribution is 0.328. The Morgan fingerprint density at radius 2 is 2.00 bits per heavy atom. The van der Waals surface area contributed by atoms with Gasteiger partial charge in [0.25, 0.3) is 0 Å². The van der Waals surface area contributed by atoms with Crippen LogP contribution in [-0.4, -0.2) is 27.5 Å². The van der Waals surface area contributed by atoms with Gasteiger partial charge in [0.1, 0.15) is 4.21 Å². The van der Waals surface area contributed by atoms with Crippen molar-refractivity contribution in [3.63, 3.8) is 0 Å². The molecule has 0 amide bonds. The molecular weight excluding hydrogens is 328 g/mol. The average Bonchev–Trinajstić information content (AvgIpc) is 2.81. The summed E-state index contributed by atoms with van der Waals surface area (Å²) in [6.07, 6.45) is 0.845. The first-order chi connectivity index (χ1) is 9.20. The summed E-state index contributed by atoms with van der Waals surface area (Å²) in [5, 5.41) is 3.28. The van der Waals surface area contributed by atoms with E-state index in [0.29, 0.717) is 10.1 Å². The van der Waals surface area contributed by atoms with E-state index in [1.165, 1.54) is 11.3 Å². The summed E-state index contributed by atoms with van der Waals surface area (Å²) < 4.78 is 28.2. The molecule has 1 aliphatic heterocycles. The maximum atomic E-state index is 12.5. The molecule has 21 heavy (non-hydrogen) atoms. The van der Waals surface area contributed by atoms with Gasteiger partial charge in [-0.25, -0.2) is 13.1 Å². The highest BCUT2D eigenvalue weighted by molar-refractivity contribution is 7.91. The first-order valence-corrected chi connectivity index (χ1v) is 9.33. The highest BCUT2D eigenvalue weighted by Crippen LogP contribution is 2.32. The molecule has 1 aromatic rings. The molecule has 0 spiro atoms. The van der Waals surface area contributed by atoms with Crippen LogP contribution in [0.25, 0.3) is 0 Å². The van der Waals surface area contributed by atoms with Crippen LogP contribution in [0.15, 0.2) is 16.3 Å². The van der Waals surface area contributed by atoms with Crippen LogP contribution in [0.1, 0.15) is 39.0 Å². The van der Waals surface area contributed by atoms with Crippen molar-refractivity contribution in [3.05, 3.63) is 17.0 Å². The van der Waals surface area contributed by atoms with Crippen molar-refractivity contribution in [2.45, 2.75) is 49.8 Å². The van der Waals surface area contributed by atoms with Crippen LogP contribution in [0, 0.1) is 5.92 Å². The highest BCUT2D eigenvalue weighted by Gasteiger charge is 2.28. The van der Waals surface area contributed by atoms with Gasteiger partial charge < -0.3 is 5.32 Å². The van der Waals surface area contributed by atoms with Gasteiger partial charge in [-0.15, -0.1) is 23.7 Å². The van der Waals surface area contributed by atoms with E-state index in [1.54, 1.807) is 6.07 Å². The summed E-state index contributed by atoms with van der Waals surface area (Å²) in [6, 6.07) is 3.67. The number of thiophene rings is 1. The Balaban J connectivity index is 0.00000220. The molecule has 1 aromatic heterocycles. The fourth-order valence-electron chi connectivity index (χ4n) is 2.31. The van der Waals surface area contributed by atoms with Crippen LogP contribution in [-0.2, 0) is 15.4 Å². The molecule has 1 saturated heterocycles. The smallest absolute Gasteiger partial charge is 0.250 e. The topological polar surface area (TPSA) is 58.2 Å². The zero-order valence-electron chi connectivity index (χ0n) is 13.0. The molecule has 0 aliphatic carbocycles. The van der Waals surface area contributed by atoms with E-state index in [0.717, 1.165) is 24.4 Å². The molecule has 1 aliphatic rings. The van der Waals surface area contributed by atoms with Crippen molar-refractivity contribution in [1.29, 1.82) is 0 Å². The van der Waals surface area contributed by atoms with Gasteiger partial charge in [-0.1, -0.05) is 27.7 Å². The van der Waals surface area contributed by atoms with E-state index >= 15 is 0 Å². The van der Waals surface area contributed by atoms with Crippen molar-refractivity contribution >= 4 is 33.8 Å². The zero-order chi connectivity index (χ0) is 15.0. The third kappa shape index (κ3) is 4.66. The summed E-state index contributed by atoms with van der Waals surface area (Å²) in [5.74, 6) is 0.320. The lowest BCUT2D eigenvalue weighted by atomic mass is 9.95. The standard InChI is InChI=1S/C14H24N2O2S2.ClH/c1-10-9-15-8-7-11(10)16-20(17,18)13-6-5-12(19-13)14(2,3)4;/h5-6,10-11,15-16H,7-9H2,1-4H3;1H. The maximum Gasteiger partial charge on any atom is 0.250 e. The molecule has 1 fully saturated rings. The SMILES string of the molecule is CC1CNCCC1NS(=O)(=O)c1ccc(C(C)(C)C)s1.Cl. The highest BCUT2D eigenvalue weighted by atomic mass is 35.5. The first-order valence-electron chi connectivity index (χ1n) is 7.03. The molecule has 0 bridgehead atoms. The third-order valence-corrected chi connectivity index (χ3v) is 7.17. The number of piperidine rings is 1. The molecule has 4 nitrogen and oxygen atoms in total. The van der Waals surface area contributed by atoms with Crippen molar-refractivity contribution in [1.82, 2.24) is 10.0 Å². The van der Waals surface area contributed by atoms with Gasteiger partial charge in [0.15, 0.2) is 0 Å². The first kappa shape index (κ1) is 18.9. The number of sulfonamides is 1. The molecule has 2 rings (SSSR count). The Bertz CT molecular complexity index is 564. The predicted octanol–water partition coefficient (Wildman–Crippen LogP) is 2.74. The molecule has 2 heterocycles. The van der Waals surface area contributed by atoms with Gasteiger partial charge in [0, 0.05) is 10.9 Å². The normalized spacial score (nSPS) is 23.6. The fourth-order valence-corrected chi connectivity index (χ4v) is 5.07. The average molecular weight is 353 g/mol. The Morgan fingerprint density at radius 1 is 1.33 bits per heavy atom. The minimum absolute atomic E-state index is 0. The lowest BCUT2D eigenvalue weighted by Gasteiger charge is -2.29. The minimum Gasteiger partial charge on any atom is -0.316 e. The summed E-state index contributed by atoms with van der Waals surface area (Å²) in [5.41, 5.74) is -0.0134. The van der Waals surface area contributed by atoms with Gasteiger partial charge >= 0.3 is 0 Å². The fraction of sp³-hybridized carbons (Fsp3) is 0.714. The lowest BCUT2D eigenvalue weighted by Crippen LogP contribution is -2.48. The number of rotatable bonds is 3. The number of halogens is 1. The van der Waals surface area contributed by atoms with Crippen LogP contribution in [0.2, 0.25) is 0 Å². The molecule has 0 aromatic carbocycles. The number of hydrogen-bond donors (Lipinski definition) is 2. The molecule has 0 radical (unpaired) electrons. The number of hydrogen-bond acceptors (Lipinski definition) is 4. The van der Waals surface area contributed by atoms with Crippen molar-refractivity contribution in [2.24, 2.45) is 5.92 Å². The molecule has 2 N–H and O–H groups in total. The van der Waals surface area contributed by atoms with Crippen molar-refractivity contribution in [3.8, 4) is 0 Å². The minimum atomic E-state index is -3.39. The van der Waals surface area contributed by atoms with Gasteiger partial charge in [0.2, 0.25) is 10.0 Å². The van der Waals surface area contributed by atoms with Crippen molar-refractivity contribution in [2.75, 3.05) is 13.1 Å². The van der Waals surface area contributed by atoms with E-state index in [2.05, 4.69) is 37.7 Å². The van der Waals surface area contributed by atoms with E-state index in [9.17, 15) is 8.42 Å². The predicted molar refractivity (Wildman–Crippen MR) is 91.0 cm³/mol. The quantitative estimate of drug-likeness (QED) is 0.879. The molecule has 2 atom stereocenters. The molecular formula is C14H25ClN2O2S2. The molecule has 2 unspecified atom stereocenters. The van der Waals surface area contributed by atoms with E-state index in [4.69, 9.17) is 0 Å². The third-order valence-electron chi connectivity index (χ3n) is 3.68. The largest absolute Gasteiger partial charge is 0.316 e. The Hall–Kier alpha value is -0.140. The second-order valence-corrected chi connectivity index (χ2v) is 9.59. The second-order valence-electron chi connectivity index (χ2n) is 6.57. The van der Waals surface area contributed by atoms with Gasteiger partial charge in [-0.05, 0) is 43.0 Å². The van der Waals surface area contributed by atoms with Crippen molar-refractivity contribution < 1.29 is 8.42 Å². The van der Waals surface area contributed by atoms with Crippen LogP contribution in [0.5, 0.6) is 0 Å². The molecule has 0 saturated carbocycles. The number of nitrogens with one attached hydrogen (secondary N) is 2. The monoisotopic (exact) mass is 352 g/mol. The summed E-state index contributed by atoms with van der Waals surface area (Å²) in [7, 11) is -3.39. The summed E-state index contributed by atoms with van der Waals surface area (Å²) in [6.45, 7) is 10.1. The Morgan fingerprint density at radius 3 is 2.52 bits per heavy atom. The van der Waals surface area contributed by atoms with E-state index < -0.39 is 10.0 Å². The van der Waals surface area contributed by atoms with Gasteiger partial charge in [0.05, 0.1) is 0 Å². The molecule has 122 valence electrons. The maximum absolute atomic E-state index is 12.5. The van der Waals surface area contributed by atoms with Crippen LogP contribution < -0.4 is 10.0 Å². The summed E-state index contributed by atoms with van der Waals surface area (Å²) in [4.78, 5) is 1.09. The zero-order valence-corrected chi connectivity index (χ0v) is 15.4. The Kier molecular flexibility index (Phi) is 6.27. The van der Waals surface area contributed by atoms with E-state index in [-0.39, 0.29) is 23.9 Å². The molecule has 7 heteroatoms. The summed E-state index contributed by atoms with van der Waals surface area (Å²) >= 11 is 1.37. The van der Waals surface area contributed by atoms with Crippen LogP contribution in [0.3, 0.4) is 0 Å². The van der Waals surface area contributed by atoms with Crippen LogP contribution >= 0.6 is 23.7 Å². The van der Waals surface area contributed by atoms with Crippen LogP contribution in [0.4, 0.5) is 0 Å². The van der Waals surface area contributed by atoms with Gasteiger partial charge in [-0.2, -0.15) is 0 Å². The Labute approximate surface area is 138 Å². The van der Waals surface area contributed by atoms with E-state index in [1.807, 2.05) is 6.07 Å². The second kappa shape index (κ2) is 6.96. The van der Waals surface area contributed by atoms with Gasteiger partial charge in [-0.3, -0.25) is 0 Å².